The van der Waals surface area contributed by atoms with Gasteiger partial charge in [0, 0.05) is 38.8 Å². The molecule has 12 heteroatoms. The zero-order valence-electron chi connectivity index (χ0n) is 18.2. The molecule has 34 heavy (non-hydrogen) atoms. The normalized spacial score (nSPS) is 17.3. The van der Waals surface area contributed by atoms with E-state index in [1.54, 1.807) is 6.07 Å². The molecule has 2 heterocycles. The summed E-state index contributed by atoms with van der Waals surface area (Å²) in [6, 6.07) is 7.82. The van der Waals surface area contributed by atoms with Crippen LogP contribution in [0, 0.1) is 5.92 Å². The number of rotatable bonds is 6. The SMILES string of the molecule is O=C(NCC(O)C1CC1)Oc1ccc(N2CCN(C(=O)c3ccccc3C(F)(F)F)CC2)nn1. The lowest BCUT2D eigenvalue weighted by molar-refractivity contribution is -0.138. The Bertz CT molecular complexity index is 1020. The number of alkyl halides is 3. The van der Waals surface area contributed by atoms with Gasteiger partial charge in [0.1, 0.15) is 0 Å². The van der Waals surface area contributed by atoms with Crippen molar-refractivity contribution in [1.82, 2.24) is 20.4 Å². The number of benzene rings is 1. The minimum absolute atomic E-state index is 0.0141. The van der Waals surface area contributed by atoms with Crippen LogP contribution >= 0.6 is 0 Å². The Kier molecular flexibility index (Phi) is 6.87. The minimum atomic E-state index is -4.61. The third-order valence-electron chi connectivity index (χ3n) is 5.80. The lowest BCUT2D eigenvalue weighted by atomic mass is 10.1. The number of piperazine rings is 1. The van der Waals surface area contributed by atoms with Crippen molar-refractivity contribution in [2.75, 3.05) is 37.6 Å². The fraction of sp³-hybridized carbons (Fsp3) is 0.455. The van der Waals surface area contributed by atoms with Crippen LogP contribution in [0.5, 0.6) is 5.88 Å². The lowest BCUT2D eigenvalue weighted by Gasteiger charge is -2.35. The summed E-state index contributed by atoms with van der Waals surface area (Å²) in [6.45, 7) is 1.25. The standard InChI is InChI=1S/C22H24F3N5O4/c23-22(24,25)16-4-2-1-3-15(16)20(32)30-11-9-29(10-12-30)18-7-8-19(28-27-18)34-21(33)26-13-17(31)14-5-6-14/h1-4,7-8,14,17,31H,5-6,9-13H2,(H,26,33). The van der Waals surface area contributed by atoms with Gasteiger partial charge in [-0.1, -0.05) is 12.1 Å². The predicted molar refractivity (Wildman–Crippen MR) is 114 cm³/mol. The van der Waals surface area contributed by atoms with Crippen LogP contribution in [0.2, 0.25) is 0 Å². The molecule has 1 aromatic carbocycles. The van der Waals surface area contributed by atoms with E-state index in [4.69, 9.17) is 4.74 Å². The lowest BCUT2D eigenvalue weighted by Crippen LogP contribution is -2.49. The molecule has 1 unspecified atom stereocenters. The number of ether oxygens (including phenoxy) is 1. The molecule has 2 aromatic rings. The molecule has 1 saturated heterocycles. The van der Waals surface area contributed by atoms with Crippen LogP contribution < -0.4 is 15.0 Å². The minimum Gasteiger partial charge on any atom is -0.391 e. The zero-order chi connectivity index (χ0) is 24.3. The van der Waals surface area contributed by atoms with E-state index in [9.17, 15) is 27.9 Å². The molecule has 4 rings (SSSR count). The highest BCUT2D eigenvalue weighted by Gasteiger charge is 2.36. The summed E-state index contributed by atoms with van der Waals surface area (Å²) in [5, 5.41) is 20.1. The number of carbonyl (C=O) groups excluding carboxylic acids is 2. The molecule has 0 spiro atoms. The average molecular weight is 479 g/mol. The second-order valence-corrected chi connectivity index (χ2v) is 8.23. The Hall–Kier alpha value is -3.41. The van der Waals surface area contributed by atoms with Crippen molar-refractivity contribution in [3.8, 4) is 5.88 Å². The highest BCUT2D eigenvalue weighted by molar-refractivity contribution is 5.96. The number of anilines is 1. The molecule has 182 valence electrons. The first-order valence-corrected chi connectivity index (χ1v) is 10.9. The number of aliphatic hydroxyl groups is 1. The van der Waals surface area contributed by atoms with Gasteiger partial charge >= 0.3 is 12.3 Å². The average Bonchev–Trinajstić information content (AvgIpc) is 3.68. The third-order valence-corrected chi connectivity index (χ3v) is 5.80. The largest absolute Gasteiger partial charge is 0.417 e. The Morgan fingerprint density at radius 3 is 2.41 bits per heavy atom. The number of nitrogens with one attached hydrogen (secondary N) is 1. The Morgan fingerprint density at radius 2 is 1.79 bits per heavy atom. The van der Waals surface area contributed by atoms with Gasteiger partial charge in [0.05, 0.1) is 17.2 Å². The van der Waals surface area contributed by atoms with Gasteiger partial charge < -0.3 is 25.0 Å². The van der Waals surface area contributed by atoms with E-state index >= 15 is 0 Å². The summed E-state index contributed by atoms with van der Waals surface area (Å²) in [6.07, 6.45) is -4.04. The maximum absolute atomic E-state index is 13.2. The van der Waals surface area contributed by atoms with Gasteiger partial charge in [0.25, 0.3) is 5.91 Å². The van der Waals surface area contributed by atoms with Crippen molar-refractivity contribution >= 4 is 17.8 Å². The zero-order valence-corrected chi connectivity index (χ0v) is 18.2. The molecule has 9 nitrogen and oxygen atoms in total. The van der Waals surface area contributed by atoms with Gasteiger partial charge in [-0.15, -0.1) is 10.2 Å². The maximum Gasteiger partial charge on any atom is 0.417 e. The van der Waals surface area contributed by atoms with Gasteiger partial charge in [0.2, 0.25) is 5.88 Å². The van der Waals surface area contributed by atoms with Crippen LogP contribution in [0.15, 0.2) is 36.4 Å². The Balaban J connectivity index is 1.29. The summed E-state index contributed by atoms with van der Waals surface area (Å²) in [7, 11) is 0. The molecule has 1 aromatic heterocycles. The second kappa shape index (κ2) is 9.84. The summed E-state index contributed by atoms with van der Waals surface area (Å²) in [5.74, 6) is 0.0363. The van der Waals surface area contributed by atoms with E-state index in [2.05, 4.69) is 15.5 Å². The third kappa shape index (κ3) is 5.74. The molecule has 0 radical (unpaired) electrons. The number of aliphatic hydroxyl groups excluding tert-OH is 1. The number of aromatic nitrogens is 2. The van der Waals surface area contributed by atoms with E-state index in [-0.39, 0.29) is 37.0 Å². The van der Waals surface area contributed by atoms with E-state index < -0.39 is 29.8 Å². The monoisotopic (exact) mass is 479 g/mol. The van der Waals surface area contributed by atoms with Crippen LogP contribution in [0.1, 0.15) is 28.8 Å². The first-order chi connectivity index (χ1) is 16.2. The molecule has 2 aliphatic rings. The van der Waals surface area contributed by atoms with E-state index in [1.165, 1.54) is 29.2 Å². The summed E-state index contributed by atoms with van der Waals surface area (Å²) < 4.78 is 44.8. The van der Waals surface area contributed by atoms with Crippen LogP contribution in [0.4, 0.5) is 23.8 Å². The molecule has 1 aliphatic carbocycles. The van der Waals surface area contributed by atoms with Gasteiger partial charge in [-0.25, -0.2) is 4.79 Å². The predicted octanol–water partition coefficient (Wildman–Crippen LogP) is 2.32. The first-order valence-electron chi connectivity index (χ1n) is 10.9. The highest BCUT2D eigenvalue weighted by Crippen LogP contribution is 2.33. The molecule has 0 bridgehead atoms. The number of nitrogens with zero attached hydrogens (tertiary/aromatic N) is 4. The Morgan fingerprint density at radius 1 is 1.09 bits per heavy atom. The van der Waals surface area contributed by atoms with Crippen LogP contribution in [-0.2, 0) is 6.18 Å². The highest BCUT2D eigenvalue weighted by atomic mass is 19.4. The number of carbonyl (C=O) groups is 2. The van der Waals surface area contributed by atoms with Crippen LogP contribution in [0.3, 0.4) is 0 Å². The van der Waals surface area contributed by atoms with E-state index in [0.717, 1.165) is 18.9 Å². The molecule has 1 saturated carbocycles. The van der Waals surface area contributed by atoms with Gasteiger partial charge in [0.15, 0.2) is 5.82 Å². The number of hydrogen-bond acceptors (Lipinski definition) is 7. The number of amides is 2. The first kappa shape index (κ1) is 23.7. The van der Waals surface area contributed by atoms with Crippen molar-refractivity contribution in [2.45, 2.75) is 25.1 Å². The maximum atomic E-state index is 13.2. The summed E-state index contributed by atoms with van der Waals surface area (Å²) >= 11 is 0. The molecule has 2 amide bonds. The smallest absolute Gasteiger partial charge is 0.391 e. The fourth-order valence-corrected chi connectivity index (χ4v) is 3.73. The molecule has 2 fully saturated rings. The van der Waals surface area contributed by atoms with Gasteiger partial charge in [-0.3, -0.25) is 4.79 Å². The van der Waals surface area contributed by atoms with Crippen molar-refractivity contribution in [1.29, 1.82) is 0 Å². The number of hydrogen-bond donors (Lipinski definition) is 2. The van der Waals surface area contributed by atoms with E-state index in [1.807, 2.05) is 4.90 Å². The van der Waals surface area contributed by atoms with Crippen molar-refractivity contribution < 1.29 is 32.6 Å². The van der Waals surface area contributed by atoms with Gasteiger partial charge in [-0.05, 0) is 37.0 Å². The molecule has 1 atom stereocenters. The Labute approximate surface area is 193 Å². The quantitative estimate of drug-likeness (QED) is 0.655. The fourth-order valence-electron chi connectivity index (χ4n) is 3.73. The molecule has 1 aliphatic heterocycles. The molecular formula is C22H24F3N5O4. The number of halogens is 3. The van der Waals surface area contributed by atoms with Crippen LogP contribution in [0.25, 0.3) is 0 Å². The second-order valence-electron chi connectivity index (χ2n) is 8.23. The molecule has 2 N–H and O–H groups in total. The van der Waals surface area contributed by atoms with Crippen molar-refractivity contribution in [3.63, 3.8) is 0 Å². The van der Waals surface area contributed by atoms with Crippen molar-refractivity contribution in [2.24, 2.45) is 5.92 Å². The van der Waals surface area contributed by atoms with Gasteiger partial charge in [-0.2, -0.15) is 13.2 Å². The summed E-state index contributed by atoms with van der Waals surface area (Å²) in [5.41, 5.74) is -1.32. The topological polar surface area (TPSA) is 108 Å². The summed E-state index contributed by atoms with van der Waals surface area (Å²) in [4.78, 5) is 27.7. The van der Waals surface area contributed by atoms with E-state index in [0.29, 0.717) is 18.9 Å². The van der Waals surface area contributed by atoms with Crippen molar-refractivity contribution in [3.05, 3.63) is 47.5 Å². The van der Waals surface area contributed by atoms with Crippen LogP contribution in [-0.4, -0.2) is 71.0 Å². The molecular weight excluding hydrogens is 455 g/mol.